The van der Waals surface area contributed by atoms with E-state index >= 15 is 0 Å². The van der Waals surface area contributed by atoms with Crippen molar-refractivity contribution in [3.8, 4) is 22.6 Å². The molecule has 1 fully saturated rings. The van der Waals surface area contributed by atoms with Crippen LogP contribution in [0.25, 0.3) is 11.1 Å². The first-order chi connectivity index (χ1) is 11.3. The van der Waals surface area contributed by atoms with Crippen LogP contribution >= 0.6 is 0 Å². The van der Waals surface area contributed by atoms with Gasteiger partial charge in [-0.05, 0) is 48.2 Å². The van der Waals surface area contributed by atoms with Gasteiger partial charge in [0.15, 0.2) is 6.29 Å². The number of rotatable bonds is 6. The van der Waals surface area contributed by atoms with Crippen molar-refractivity contribution in [2.75, 3.05) is 19.8 Å². The van der Waals surface area contributed by atoms with E-state index in [2.05, 4.69) is 0 Å². The molecule has 0 amide bonds. The summed E-state index contributed by atoms with van der Waals surface area (Å²) in [4.78, 5) is 0. The molecule has 0 spiro atoms. The Labute approximate surface area is 136 Å². The lowest BCUT2D eigenvalue weighted by Crippen LogP contribution is -2.24. The summed E-state index contributed by atoms with van der Waals surface area (Å²) in [6, 6.07) is 15.9. The van der Waals surface area contributed by atoms with Crippen LogP contribution in [0.2, 0.25) is 0 Å². The van der Waals surface area contributed by atoms with Crippen LogP contribution in [0.3, 0.4) is 0 Å². The molecule has 0 bridgehead atoms. The number of aliphatic hydroxyl groups is 1. The van der Waals surface area contributed by atoms with Gasteiger partial charge in [-0.15, -0.1) is 0 Å². The smallest absolute Gasteiger partial charge is 0.199 e. The Kier molecular flexibility index (Phi) is 5.51. The summed E-state index contributed by atoms with van der Waals surface area (Å²) in [6.07, 6.45) is 3.12. The Morgan fingerprint density at radius 2 is 1.57 bits per heavy atom. The van der Waals surface area contributed by atoms with Gasteiger partial charge in [-0.25, -0.2) is 0 Å². The summed E-state index contributed by atoms with van der Waals surface area (Å²) in [5.74, 6) is 1.60. The van der Waals surface area contributed by atoms with Crippen LogP contribution in [0, 0.1) is 0 Å². The van der Waals surface area contributed by atoms with E-state index in [4.69, 9.17) is 19.3 Å². The molecule has 1 aliphatic heterocycles. The molecule has 3 rings (SSSR count). The number of ether oxygens (including phenoxy) is 3. The average molecular weight is 314 g/mol. The van der Waals surface area contributed by atoms with Gasteiger partial charge >= 0.3 is 0 Å². The highest BCUT2D eigenvalue weighted by Crippen LogP contribution is 2.26. The first-order valence-corrected chi connectivity index (χ1v) is 8.07. The van der Waals surface area contributed by atoms with Crippen LogP contribution in [-0.2, 0) is 4.74 Å². The van der Waals surface area contributed by atoms with Gasteiger partial charge in [-0.1, -0.05) is 24.3 Å². The molecule has 2 aromatic rings. The van der Waals surface area contributed by atoms with E-state index < -0.39 is 0 Å². The molecule has 1 aliphatic rings. The molecule has 1 unspecified atom stereocenters. The highest BCUT2D eigenvalue weighted by molar-refractivity contribution is 5.64. The van der Waals surface area contributed by atoms with Crippen LogP contribution in [0.4, 0.5) is 0 Å². The zero-order valence-electron chi connectivity index (χ0n) is 13.1. The van der Waals surface area contributed by atoms with E-state index in [-0.39, 0.29) is 12.9 Å². The maximum Gasteiger partial charge on any atom is 0.199 e. The molecule has 4 heteroatoms. The molecule has 2 aromatic carbocycles. The Balaban J connectivity index is 1.62. The highest BCUT2D eigenvalue weighted by Gasteiger charge is 2.15. The van der Waals surface area contributed by atoms with Gasteiger partial charge in [-0.2, -0.15) is 0 Å². The van der Waals surface area contributed by atoms with Gasteiger partial charge in [0.2, 0.25) is 0 Å². The molecule has 4 nitrogen and oxygen atoms in total. The van der Waals surface area contributed by atoms with E-state index in [0.29, 0.717) is 6.61 Å². The monoisotopic (exact) mass is 314 g/mol. The minimum atomic E-state index is -0.113. The molecular weight excluding hydrogens is 292 g/mol. The molecule has 0 aliphatic carbocycles. The minimum absolute atomic E-state index is 0.0217. The van der Waals surface area contributed by atoms with Gasteiger partial charge in [0.1, 0.15) is 18.1 Å². The molecule has 1 saturated heterocycles. The maximum atomic E-state index is 8.76. The van der Waals surface area contributed by atoms with E-state index in [9.17, 15) is 0 Å². The van der Waals surface area contributed by atoms with Crippen molar-refractivity contribution in [2.45, 2.75) is 25.6 Å². The summed E-state index contributed by atoms with van der Waals surface area (Å²) < 4.78 is 16.8. The lowest BCUT2D eigenvalue weighted by Gasteiger charge is -2.23. The van der Waals surface area contributed by atoms with Crippen molar-refractivity contribution >= 4 is 0 Å². The topological polar surface area (TPSA) is 47.9 Å². The van der Waals surface area contributed by atoms with Crippen LogP contribution in [0.5, 0.6) is 11.5 Å². The maximum absolute atomic E-state index is 8.76. The molecule has 1 heterocycles. The van der Waals surface area contributed by atoms with Crippen molar-refractivity contribution in [3.05, 3.63) is 48.5 Å². The van der Waals surface area contributed by atoms with Crippen molar-refractivity contribution in [3.63, 3.8) is 0 Å². The Morgan fingerprint density at radius 3 is 2.13 bits per heavy atom. The lowest BCUT2D eigenvalue weighted by atomic mass is 10.1. The van der Waals surface area contributed by atoms with Crippen LogP contribution in [-0.4, -0.2) is 31.2 Å². The predicted molar refractivity (Wildman–Crippen MR) is 88.7 cm³/mol. The highest BCUT2D eigenvalue weighted by atomic mass is 16.7. The van der Waals surface area contributed by atoms with Crippen molar-refractivity contribution in [1.29, 1.82) is 0 Å². The van der Waals surface area contributed by atoms with Gasteiger partial charge in [0.05, 0.1) is 13.2 Å². The Hall–Kier alpha value is -2.04. The van der Waals surface area contributed by atoms with Crippen LogP contribution in [0.1, 0.15) is 19.3 Å². The third kappa shape index (κ3) is 4.47. The molecule has 0 saturated carbocycles. The predicted octanol–water partition coefficient (Wildman–Crippen LogP) is 3.63. The van der Waals surface area contributed by atoms with Gasteiger partial charge < -0.3 is 19.3 Å². The van der Waals surface area contributed by atoms with E-state index in [1.807, 2.05) is 48.5 Å². The van der Waals surface area contributed by atoms with Crippen molar-refractivity contribution in [1.82, 2.24) is 0 Å². The first-order valence-electron chi connectivity index (χ1n) is 8.07. The van der Waals surface area contributed by atoms with Gasteiger partial charge in [0, 0.05) is 6.42 Å². The zero-order valence-corrected chi connectivity index (χ0v) is 13.1. The molecule has 122 valence electrons. The van der Waals surface area contributed by atoms with Crippen molar-refractivity contribution in [2.24, 2.45) is 0 Å². The van der Waals surface area contributed by atoms with Crippen LogP contribution in [0.15, 0.2) is 48.5 Å². The summed E-state index contributed by atoms with van der Waals surface area (Å²) in [7, 11) is 0. The normalized spacial score (nSPS) is 17.7. The SMILES string of the molecule is OCCOc1ccc(-c2ccc(OC3CCCCO3)cc2)cc1. The Morgan fingerprint density at radius 1 is 0.913 bits per heavy atom. The standard InChI is InChI=1S/C19H22O4/c20-12-14-21-17-8-4-15(5-9-17)16-6-10-18(11-7-16)23-19-3-1-2-13-22-19/h4-11,19-20H,1-3,12-14H2. The summed E-state index contributed by atoms with van der Waals surface area (Å²) in [6.45, 7) is 1.12. The number of hydrogen-bond donors (Lipinski definition) is 1. The first kappa shape index (κ1) is 15.8. The van der Waals surface area contributed by atoms with E-state index in [1.54, 1.807) is 0 Å². The van der Waals surface area contributed by atoms with Gasteiger partial charge in [0.25, 0.3) is 0 Å². The fourth-order valence-corrected chi connectivity index (χ4v) is 2.59. The third-order valence-corrected chi connectivity index (χ3v) is 3.81. The summed E-state index contributed by atoms with van der Waals surface area (Å²) >= 11 is 0. The van der Waals surface area contributed by atoms with Crippen molar-refractivity contribution < 1.29 is 19.3 Å². The second-order valence-electron chi connectivity index (χ2n) is 5.53. The fraction of sp³-hybridized carbons (Fsp3) is 0.368. The summed E-state index contributed by atoms with van der Waals surface area (Å²) in [5.41, 5.74) is 2.23. The Bertz CT molecular complexity index is 586. The quantitative estimate of drug-likeness (QED) is 0.884. The fourth-order valence-electron chi connectivity index (χ4n) is 2.59. The molecule has 23 heavy (non-hydrogen) atoms. The molecule has 0 aromatic heterocycles. The van der Waals surface area contributed by atoms with Gasteiger partial charge in [-0.3, -0.25) is 0 Å². The third-order valence-electron chi connectivity index (χ3n) is 3.81. The van der Waals surface area contributed by atoms with E-state index in [0.717, 1.165) is 48.5 Å². The van der Waals surface area contributed by atoms with Crippen LogP contribution < -0.4 is 9.47 Å². The number of benzene rings is 2. The second kappa shape index (κ2) is 7.99. The molecule has 1 N–H and O–H groups in total. The largest absolute Gasteiger partial charge is 0.491 e. The molecular formula is C19H22O4. The lowest BCUT2D eigenvalue weighted by molar-refractivity contribution is -0.105. The van der Waals surface area contributed by atoms with E-state index in [1.165, 1.54) is 0 Å². The minimum Gasteiger partial charge on any atom is -0.491 e. The summed E-state index contributed by atoms with van der Waals surface area (Å²) in [5, 5.41) is 8.76. The number of hydrogen-bond acceptors (Lipinski definition) is 4. The second-order valence-corrected chi connectivity index (χ2v) is 5.53. The zero-order chi connectivity index (χ0) is 15.9. The average Bonchev–Trinajstić information content (AvgIpc) is 2.62. The number of aliphatic hydroxyl groups excluding tert-OH is 1. The molecule has 0 radical (unpaired) electrons. The molecule has 1 atom stereocenters.